The summed E-state index contributed by atoms with van der Waals surface area (Å²) in [5.74, 6) is -0.916. The van der Waals surface area contributed by atoms with Crippen molar-refractivity contribution in [1.29, 1.82) is 0 Å². The molecule has 1 unspecified atom stereocenters. The number of hydrogen-bond acceptors (Lipinski definition) is 3. The molecule has 1 aromatic rings. The van der Waals surface area contributed by atoms with Crippen LogP contribution in [0.3, 0.4) is 0 Å². The maximum absolute atomic E-state index is 10.8. The van der Waals surface area contributed by atoms with Gasteiger partial charge in [-0.1, -0.05) is 0 Å². The number of rotatable bonds is 6. The van der Waals surface area contributed by atoms with Crippen LogP contribution in [0.4, 0.5) is 0 Å². The first-order valence-corrected chi connectivity index (χ1v) is 4.97. The molecule has 0 aliphatic heterocycles. The van der Waals surface area contributed by atoms with Crippen molar-refractivity contribution in [2.45, 2.75) is 32.9 Å². The van der Waals surface area contributed by atoms with Gasteiger partial charge in [0.05, 0.1) is 6.20 Å². The molecule has 0 saturated heterocycles. The number of aliphatic carboxylic acids is 1. The predicted octanol–water partition coefficient (Wildman–Crippen LogP) is 1.07. The average molecular weight is 212 g/mol. The van der Waals surface area contributed by atoms with Gasteiger partial charge >= 0.3 is 5.97 Å². The van der Waals surface area contributed by atoms with Crippen LogP contribution < -0.4 is 0 Å². The fourth-order valence-electron chi connectivity index (χ4n) is 1.32. The van der Waals surface area contributed by atoms with Gasteiger partial charge in [-0.2, -0.15) is 5.10 Å². The number of carbonyl (C=O) groups is 1. The molecule has 0 aliphatic carbocycles. The highest BCUT2D eigenvalue weighted by Crippen LogP contribution is 2.03. The standard InChI is InChI=1S/C10H16N2O3/c1-3-15-9(10(13)14)4-5-12-7-8(2)6-11-12/h6-7,9H,3-5H2,1-2H3,(H,13,14). The minimum atomic E-state index is -0.916. The van der Waals surface area contributed by atoms with Crippen molar-refractivity contribution < 1.29 is 14.6 Å². The van der Waals surface area contributed by atoms with Crippen molar-refractivity contribution >= 4 is 5.97 Å². The Balaban J connectivity index is 2.43. The molecule has 0 saturated carbocycles. The summed E-state index contributed by atoms with van der Waals surface area (Å²) < 4.78 is 6.82. The molecule has 84 valence electrons. The van der Waals surface area contributed by atoms with Gasteiger partial charge in [-0.05, 0) is 19.4 Å². The molecule has 1 N–H and O–H groups in total. The van der Waals surface area contributed by atoms with Gasteiger partial charge in [-0.25, -0.2) is 4.79 Å². The molecule has 5 nitrogen and oxygen atoms in total. The van der Waals surface area contributed by atoms with E-state index in [1.54, 1.807) is 17.8 Å². The number of carboxylic acid groups (broad SMARTS) is 1. The van der Waals surface area contributed by atoms with Crippen LogP contribution in [0.1, 0.15) is 18.9 Å². The summed E-state index contributed by atoms with van der Waals surface area (Å²) in [4.78, 5) is 10.8. The molecule has 0 fully saturated rings. The minimum absolute atomic E-state index is 0.412. The van der Waals surface area contributed by atoms with E-state index in [-0.39, 0.29) is 0 Å². The normalized spacial score (nSPS) is 12.7. The molecule has 1 heterocycles. The molecule has 0 aromatic carbocycles. The Kier molecular flexibility index (Phi) is 4.30. The summed E-state index contributed by atoms with van der Waals surface area (Å²) in [6.45, 7) is 4.70. The number of carboxylic acids is 1. The van der Waals surface area contributed by atoms with E-state index in [9.17, 15) is 4.79 Å². The number of nitrogens with zero attached hydrogens (tertiary/aromatic N) is 2. The first-order chi connectivity index (χ1) is 7.13. The second-order valence-electron chi connectivity index (χ2n) is 3.35. The summed E-state index contributed by atoms with van der Waals surface area (Å²) in [5.41, 5.74) is 1.07. The van der Waals surface area contributed by atoms with Crippen LogP contribution in [0.2, 0.25) is 0 Å². The summed E-state index contributed by atoms with van der Waals surface area (Å²) in [5, 5.41) is 12.9. The van der Waals surface area contributed by atoms with Crippen molar-refractivity contribution in [2.24, 2.45) is 0 Å². The molecule has 0 amide bonds. The summed E-state index contributed by atoms with van der Waals surface area (Å²) in [6, 6.07) is 0. The maximum atomic E-state index is 10.8. The molecule has 0 radical (unpaired) electrons. The van der Waals surface area contributed by atoms with E-state index in [2.05, 4.69) is 5.10 Å². The molecule has 1 rings (SSSR count). The molecule has 1 aromatic heterocycles. The van der Waals surface area contributed by atoms with E-state index >= 15 is 0 Å². The molecule has 0 bridgehead atoms. The zero-order chi connectivity index (χ0) is 11.3. The molecule has 1 atom stereocenters. The van der Waals surface area contributed by atoms with Crippen LogP contribution >= 0.6 is 0 Å². The van der Waals surface area contributed by atoms with Gasteiger partial charge in [0.1, 0.15) is 0 Å². The Labute approximate surface area is 88.7 Å². The Bertz CT molecular complexity index is 322. The van der Waals surface area contributed by atoms with E-state index < -0.39 is 12.1 Å². The van der Waals surface area contributed by atoms with Gasteiger partial charge in [0, 0.05) is 25.8 Å². The second kappa shape index (κ2) is 5.50. The molecular formula is C10H16N2O3. The van der Waals surface area contributed by atoms with Gasteiger partial charge < -0.3 is 9.84 Å². The van der Waals surface area contributed by atoms with Gasteiger partial charge in [-0.15, -0.1) is 0 Å². The van der Waals surface area contributed by atoms with E-state index in [1.807, 2.05) is 13.1 Å². The number of ether oxygens (including phenoxy) is 1. The lowest BCUT2D eigenvalue weighted by atomic mass is 10.2. The third-order valence-electron chi connectivity index (χ3n) is 2.03. The van der Waals surface area contributed by atoms with Crippen molar-refractivity contribution in [3.63, 3.8) is 0 Å². The van der Waals surface area contributed by atoms with E-state index in [0.29, 0.717) is 19.6 Å². The minimum Gasteiger partial charge on any atom is -0.479 e. The predicted molar refractivity (Wildman–Crippen MR) is 54.6 cm³/mol. The highest BCUT2D eigenvalue weighted by atomic mass is 16.5. The van der Waals surface area contributed by atoms with Crippen molar-refractivity contribution in [3.8, 4) is 0 Å². The summed E-state index contributed by atoms with van der Waals surface area (Å²) in [7, 11) is 0. The van der Waals surface area contributed by atoms with Crippen molar-refractivity contribution in [2.75, 3.05) is 6.61 Å². The monoisotopic (exact) mass is 212 g/mol. The zero-order valence-electron chi connectivity index (χ0n) is 9.01. The lowest BCUT2D eigenvalue weighted by Gasteiger charge is -2.11. The van der Waals surface area contributed by atoms with E-state index in [1.165, 1.54) is 0 Å². The van der Waals surface area contributed by atoms with Gasteiger partial charge in [0.15, 0.2) is 6.10 Å². The Hall–Kier alpha value is -1.36. The lowest BCUT2D eigenvalue weighted by Crippen LogP contribution is -2.25. The number of hydrogen-bond donors (Lipinski definition) is 1. The Morgan fingerprint density at radius 3 is 2.93 bits per heavy atom. The first kappa shape index (κ1) is 11.7. The summed E-state index contributed by atoms with van der Waals surface area (Å²) in [6.07, 6.45) is 3.32. The van der Waals surface area contributed by atoms with Crippen LogP contribution in [0, 0.1) is 6.92 Å². The van der Waals surface area contributed by atoms with Gasteiger partial charge in [-0.3, -0.25) is 4.68 Å². The fraction of sp³-hybridized carbons (Fsp3) is 0.600. The van der Waals surface area contributed by atoms with Crippen LogP contribution in [0.25, 0.3) is 0 Å². The highest BCUT2D eigenvalue weighted by Gasteiger charge is 2.16. The molecular weight excluding hydrogens is 196 g/mol. The van der Waals surface area contributed by atoms with Crippen molar-refractivity contribution in [3.05, 3.63) is 18.0 Å². The first-order valence-electron chi connectivity index (χ1n) is 4.97. The smallest absolute Gasteiger partial charge is 0.332 e. The Morgan fingerprint density at radius 2 is 2.47 bits per heavy atom. The van der Waals surface area contributed by atoms with Crippen LogP contribution in [-0.4, -0.2) is 33.6 Å². The largest absolute Gasteiger partial charge is 0.479 e. The third kappa shape index (κ3) is 3.71. The van der Waals surface area contributed by atoms with Crippen LogP contribution in [0.15, 0.2) is 12.4 Å². The zero-order valence-corrected chi connectivity index (χ0v) is 9.01. The topological polar surface area (TPSA) is 64.4 Å². The molecule has 15 heavy (non-hydrogen) atoms. The van der Waals surface area contributed by atoms with Gasteiger partial charge in [0.2, 0.25) is 0 Å². The average Bonchev–Trinajstić information content (AvgIpc) is 2.58. The maximum Gasteiger partial charge on any atom is 0.332 e. The molecule has 0 spiro atoms. The molecule has 5 heteroatoms. The highest BCUT2D eigenvalue weighted by molar-refractivity contribution is 5.72. The van der Waals surface area contributed by atoms with Crippen LogP contribution in [0.5, 0.6) is 0 Å². The number of aromatic nitrogens is 2. The number of aryl methyl sites for hydroxylation is 2. The quantitative estimate of drug-likeness (QED) is 0.766. The SMILES string of the molecule is CCOC(CCn1cc(C)cn1)C(=O)O. The van der Waals surface area contributed by atoms with E-state index in [0.717, 1.165) is 5.56 Å². The van der Waals surface area contributed by atoms with Crippen LogP contribution in [-0.2, 0) is 16.1 Å². The lowest BCUT2D eigenvalue weighted by molar-refractivity contribution is -0.150. The fourth-order valence-corrected chi connectivity index (χ4v) is 1.32. The third-order valence-corrected chi connectivity index (χ3v) is 2.03. The molecule has 0 aliphatic rings. The Morgan fingerprint density at radius 1 is 1.73 bits per heavy atom. The van der Waals surface area contributed by atoms with Crippen molar-refractivity contribution in [1.82, 2.24) is 9.78 Å². The van der Waals surface area contributed by atoms with Gasteiger partial charge in [0.25, 0.3) is 0 Å². The second-order valence-corrected chi connectivity index (χ2v) is 3.35. The summed E-state index contributed by atoms with van der Waals surface area (Å²) >= 11 is 0. The van der Waals surface area contributed by atoms with E-state index in [4.69, 9.17) is 9.84 Å².